The molecule has 0 bridgehead atoms. The fraction of sp³-hybridized carbons (Fsp3) is 0.333. The summed E-state index contributed by atoms with van der Waals surface area (Å²) in [6.45, 7) is 2.45. The molecule has 0 aliphatic rings. The van der Waals surface area contributed by atoms with Crippen LogP contribution in [0.3, 0.4) is 0 Å². The Labute approximate surface area is 136 Å². The van der Waals surface area contributed by atoms with Crippen molar-refractivity contribution in [2.45, 2.75) is 25.8 Å². The van der Waals surface area contributed by atoms with Gasteiger partial charge in [0.25, 0.3) is 5.91 Å². The first-order valence-electron chi connectivity index (χ1n) is 7.72. The van der Waals surface area contributed by atoms with Crippen molar-refractivity contribution in [3.05, 3.63) is 60.1 Å². The van der Waals surface area contributed by atoms with Crippen LogP contribution in [0.25, 0.3) is 0 Å². The van der Waals surface area contributed by atoms with Gasteiger partial charge < -0.3 is 14.6 Å². The third-order valence-electron chi connectivity index (χ3n) is 3.85. The Balaban J connectivity index is 1.73. The summed E-state index contributed by atoms with van der Waals surface area (Å²) in [5.74, 6) is 0.0909. The summed E-state index contributed by atoms with van der Waals surface area (Å²) in [4.78, 5) is 25.6. The summed E-state index contributed by atoms with van der Waals surface area (Å²) in [5, 5.41) is 2.74. The van der Waals surface area contributed by atoms with Crippen molar-refractivity contribution < 1.29 is 14.0 Å². The maximum atomic E-state index is 12.2. The number of furan rings is 1. The Morgan fingerprint density at radius 3 is 2.57 bits per heavy atom. The van der Waals surface area contributed by atoms with Crippen LogP contribution in [0.2, 0.25) is 0 Å². The molecule has 0 saturated carbocycles. The predicted octanol–water partition coefficient (Wildman–Crippen LogP) is 3.01. The van der Waals surface area contributed by atoms with E-state index in [0.29, 0.717) is 19.4 Å². The van der Waals surface area contributed by atoms with Crippen LogP contribution in [0, 0.1) is 0 Å². The molecule has 0 aliphatic heterocycles. The molecule has 5 nitrogen and oxygen atoms in total. The van der Waals surface area contributed by atoms with Crippen LogP contribution in [-0.2, 0) is 4.79 Å². The second-order valence-electron chi connectivity index (χ2n) is 5.43. The van der Waals surface area contributed by atoms with Crippen molar-refractivity contribution in [1.29, 1.82) is 0 Å². The molecule has 1 N–H and O–H groups in total. The fourth-order valence-corrected chi connectivity index (χ4v) is 2.28. The number of hydrogen-bond acceptors (Lipinski definition) is 3. The van der Waals surface area contributed by atoms with E-state index >= 15 is 0 Å². The minimum Gasteiger partial charge on any atom is -0.459 e. The van der Waals surface area contributed by atoms with Gasteiger partial charge in [-0.05, 0) is 31.0 Å². The summed E-state index contributed by atoms with van der Waals surface area (Å²) in [5.41, 5.74) is 1.11. The summed E-state index contributed by atoms with van der Waals surface area (Å²) in [6, 6.07) is 13.2. The Kier molecular flexibility index (Phi) is 5.97. The van der Waals surface area contributed by atoms with Gasteiger partial charge >= 0.3 is 0 Å². The van der Waals surface area contributed by atoms with Gasteiger partial charge in [-0.25, -0.2) is 0 Å². The van der Waals surface area contributed by atoms with Gasteiger partial charge in [0.2, 0.25) is 5.91 Å². The molecular weight excluding hydrogens is 292 g/mol. The molecule has 0 fully saturated rings. The standard InChI is InChI=1S/C18H22N2O3/c1-14(15-8-4-3-5-9-15)20(2)17(21)11-6-12-19-18(22)16-10-7-13-23-16/h3-5,7-10,13-14H,6,11-12H2,1-2H3,(H,19,22). The average molecular weight is 314 g/mol. The first-order valence-corrected chi connectivity index (χ1v) is 7.72. The second-order valence-corrected chi connectivity index (χ2v) is 5.43. The monoisotopic (exact) mass is 314 g/mol. The van der Waals surface area contributed by atoms with E-state index in [1.165, 1.54) is 6.26 Å². The maximum absolute atomic E-state index is 12.2. The lowest BCUT2D eigenvalue weighted by atomic mass is 10.1. The number of amides is 2. The van der Waals surface area contributed by atoms with Gasteiger partial charge in [-0.1, -0.05) is 30.3 Å². The zero-order chi connectivity index (χ0) is 16.7. The minimum absolute atomic E-state index is 0.0291. The van der Waals surface area contributed by atoms with Crippen molar-refractivity contribution in [3.63, 3.8) is 0 Å². The Morgan fingerprint density at radius 1 is 1.17 bits per heavy atom. The van der Waals surface area contributed by atoms with Crippen molar-refractivity contribution in [3.8, 4) is 0 Å². The van der Waals surface area contributed by atoms with E-state index in [4.69, 9.17) is 4.42 Å². The highest BCUT2D eigenvalue weighted by Crippen LogP contribution is 2.19. The second kappa shape index (κ2) is 8.17. The van der Waals surface area contributed by atoms with E-state index < -0.39 is 0 Å². The topological polar surface area (TPSA) is 62.6 Å². The lowest BCUT2D eigenvalue weighted by molar-refractivity contribution is -0.131. The van der Waals surface area contributed by atoms with Crippen LogP contribution in [-0.4, -0.2) is 30.3 Å². The average Bonchev–Trinajstić information content (AvgIpc) is 3.12. The molecule has 2 rings (SSSR count). The van der Waals surface area contributed by atoms with Crippen LogP contribution >= 0.6 is 0 Å². The lowest BCUT2D eigenvalue weighted by Gasteiger charge is -2.25. The molecule has 0 aliphatic carbocycles. The van der Waals surface area contributed by atoms with E-state index in [1.54, 1.807) is 24.1 Å². The van der Waals surface area contributed by atoms with Crippen LogP contribution in [0.1, 0.15) is 41.9 Å². The van der Waals surface area contributed by atoms with E-state index in [-0.39, 0.29) is 23.6 Å². The summed E-state index contributed by atoms with van der Waals surface area (Å²) >= 11 is 0. The first-order chi connectivity index (χ1) is 11.1. The number of nitrogens with zero attached hydrogens (tertiary/aromatic N) is 1. The SMILES string of the molecule is CC(c1ccccc1)N(C)C(=O)CCCNC(=O)c1ccco1. The third kappa shape index (κ3) is 4.71. The van der Waals surface area contributed by atoms with Crippen LogP contribution in [0.15, 0.2) is 53.1 Å². The molecule has 2 amide bonds. The van der Waals surface area contributed by atoms with E-state index in [2.05, 4.69) is 5.32 Å². The number of hydrogen-bond donors (Lipinski definition) is 1. The van der Waals surface area contributed by atoms with Crippen LogP contribution in [0.5, 0.6) is 0 Å². The van der Waals surface area contributed by atoms with Crippen molar-refractivity contribution in [2.24, 2.45) is 0 Å². The van der Waals surface area contributed by atoms with Gasteiger partial charge in [0, 0.05) is 20.0 Å². The minimum atomic E-state index is -0.256. The fourth-order valence-electron chi connectivity index (χ4n) is 2.28. The summed E-state index contributed by atoms with van der Waals surface area (Å²) < 4.78 is 5.00. The quantitative estimate of drug-likeness (QED) is 0.799. The molecule has 1 heterocycles. The maximum Gasteiger partial charge on any atom is 0.286 e. The Morgan fingerprint density at radius 2 is 1.91 bits per heavy atom. The molecule has 23 heavy (non-hydrogen) atoms. The summed E-state index contributed by atoms with van der Waals surface area (Å²) in [7, 11) is 1.81. The molecule has 5 heteroatoms. The Hall–Kier alpha value is -2.56. The van der Waals surface area contributed by atoms with Gasteiger partial charge in [0.15, 0.2) is 5.76 Å². The number of carbonyl (C=O) groups is 2. The van der Waals surface area contributed by atoms with E-state index in [0.717, 1.165) is 5.56 Å². The molecule has 1 unspecified atom stereocenters. The number of benzene rings is 1. The molecule has 2 aromatic rings. The van der Waals surface area contributed by atoms with Gasteiger partial charge in [-0.2, -0.15) is 0 Å². The summed E-state index contributed by atoms with van der Waals surface area (Å²) in [6.07, 6.45) is 2.45. The first kappa shape index (κ1) is 16.8. The van der Waals surface area contributed by atoms with Crippen LogP contribution in [0.4, 0.5) is 0 Å². The molecule has 0 radical (unpaired) electrons. The number of carbonyl (C=O) groups excluding carboxylic acids is 2. The zero-order valence-corrected chi connectivity index (χ0v) is 13.5. The number of nitrogens with one attached hydrogen (secondary N) is 1. The van der Waals surface area contributed by atoms with Gasteiger partial charge in [-0.3, -0.25) is 9.59 Å². The van der Waals surface area contributed by atoms with Crippen molar-refractivity contribution >= 4 is 11.8 Å². The predicted molar refractivity (Wildman–Crippen MR) is 87.9 cm³/mol. The molecule has 1 aromatic heterocycles. The smallest absolute Gasteiger partial charge is 0.286 e. The molecular formula is C18H22N2O3. The van der Waals surface area contributed by atoms with E-state index in [9.17, 15) is 9.59 Å². The molecule has 1 atom stereocenters. The Bertz CT molecular complexity index is 623. The largest absolute Gasteiger partial charge is 0.459 e. The third-order valence-corrected chi connectivity index (χ3v) is 3.85. The van der Waals surface area contributed by atoms with Crippen LogP contribution < -0.4 is 5.32 Å². The molecule has 122 valence electrons. The normalized spacial score (nSPS) is 11.7. The van der Waals surface area contributed by atoms with E-state index in [1.807, 2.05) is 37.3 Å². The van der Waals surface area contributed by atoms with Crippen molar-refractivity contribution in [1.82, 2.24) is 10.2 Å². The molecule has 0 spiro atoms. The highest BCUT2D eigenvalue weighted by Gasteiger charge is 2.16. The lowest BCUT2D eigenvalue weighted by Crippen LogP contribution is -2.31. The highest BCUT2D eigenvalue weighted by atomic mass is 16.3. The van der Waals surface area contributed by atoms with Gasteiger partial charge in [-0.15, -0.1) is 0 Å². The highest BCUT2D eigenvalue weighted by molar-refractivity contribution is 5.91. The zero-order valence-electron chi connectivity index (χ0n) is 13.5. The van der Waals surface area contributed by atoms with Gasteiger partial charge in [0.05, 0.1) is 12.3 Å². The van der Waals surface area contributed by atoms with Gasteiger partial charge in [0.1, 0.15) is 0 Å². The molecule has 1 aromatic carbocycles. The molecule has 0 saturated heterocycles. The van der Waals surface area contributed by atoms with Crippen molar-refractivity contribution in [2.75, 3.05) is 13.6 Å². The number of rotatable bonds is 7.